The largest absolute Gasteiger partial charge is 0.476 e. The molecule has 0 aliphatic carbocycles. The average molecular weight is 278 g/mol. The molecular formula is C13H12ClN3O2. The lowest BCUT2D eigenvalue weighted by Crippen LogP contribution is -2.08. The lowest BCUT2D eigenvalue weighted by Gasteiger charge is -2.05. The fourth-order valence-electron chi connectivity index (χ4n) is 1.53. The molecule has 98 valence electrons. The van der Waals surface area contributed by atoms with Crippen LogP contribution in [0.25, 0.3) is 0 Å². The Hall–Kier alpha value is -2.14. The maximum atomic E-state index is 10.6. The molecule has 0 saturated carbocycles. The summed E-state index contributed by atoms with van der Waals surface area (Å²) in [4.78, 5) is 10.6. The Morgan fingerprint density at radius 2 is 1.89 bits per heavy atom. The van der Waals surface area contributed by atoms with Gasteiger partial charge in [-0.15, -0.1) is 10.2 Å². The summed E-state index contributed by atoms with van der Waals surface area (Å²) >= 11 is 5.80. The van der Waals surface area contributed by atoms with Crippen LogP contribution in [0.1, 0.15) is 16.1 Å². The van der Waals surface area contributed by atoms with Gasteiger partial charge in [-0.3, -0.25) is 0 Å². The second kappa shape index (κ2) is 6.15. The number of benzene rings is 1. The molecule has 0 amide bonds. The van der Waals surface area contributed by atoms with E-state index in [1.54, 1.807) is 6.07 Å². The van der Waals surface area contributed by atoms with E-state index in [1.165, 1.54) is 6.07 Å². The Morgan fingerprint density at radius 3 is 2.47 bits per heavy atom. The Bertz CT molecular complexity index is 555. The fraction of sp³-hybridized carbons (Fsp3) is 0.154. The Balaban J connectivity index is 1.85. The molecule has 0 spiro atoms. The van der Waals surface area contributed by atoms with Crippen molar-refractivity contribution in [1.82, 2.24) is 10.2 Å². The van der Waals surface area contributed by atoms with Crippen molar-refractivity contribution < 1.29 is 9.90 Å². The molecule has 0 unspecified atom stereocenters. The van der Waals surface area contributed by atoms with Gasteiger partial charge in [0.2, 0.25) is 0 Å². The van der Waals surface area contributed by atoms with Crippen LogP contribution in [0.3, 0.4) is 0 Å². The normalized spacial score (nSPS) is 10.2. The van der Waals surface area contributed by atoms with Gasteiger partial charge >= 0.3 is 5.97 Å². The molecule has 0 aliphatic heterocycles. The fourth-order valence-corrected chi connectivity index (χ4v) is 1.65. The molecule has 1 aromatic carbocycles. The number of anilines is 1. The van der Waals surface area contributed by atoms with Crippen molar-refractivity contribution in [2.75, 3.05) is 11.9 Å². The molecule has 0 saturated heterocycles. The van der Waals surface area contributed by atoms with Gasteiger partial charge < -0.3 is 10.4 Å². The monoisotopic (exact) mass is 277 g/mol. The average Bonchev–Trinajstić information content (AvgIpc) is 2.41. The van der Waals surface area contributed by atoms with Crippen molar-refractivity contribution in [2.24, 2.45) is 0 Å². The van der Waals surface area contributed by atoms with E-state index >= 15 is 0 Å². The number of nitrogens with zero attached hydrogens (tertiary/aromatic N) is 2. The van der Waals surface area contributed by atoms with Gasteiger partial charge in [0, 0.05) is 11.6 Å². The third-order valence-electron chi connectivity index (χ3n) is 2.52. The van der Waals surface area contributed by atoms with Crippen LogP contribution in [0, 0.1) is 0 Å². The van der Waals surface area contributed by atoms with Gasteiger partial charge in [0.1, 0.15) is 5.82 Å². The Labute approximate surface area is 115 Å². The zero-order chi connectivity index (χ0) is 13.7. The summed E-state index contributed by atoms with van der Waals surface area (Å²) in [6, 6.07) is 10.6. The molecule has 6 heteroatoms. The van der Waals surface area contributed by atoms with Crippen LogP contribution in [0.4, 0.5) is 5.82 Å². The zero-order valence-corrected chi connectivity index (χ0v) is 10.8. The number of carboxylic acids is 1. The lowest BCUT2D eigenvalue weighted by molar-refractivity contribution is 0.0689. The van der Waals surface area contributed by atoms with Crippen LogP contribution in [0.2, 0.25) is 5.02 Å². The molecular weight excluding hydrogens is 266 g/mol. The van der Waals surface area contributed by atoms with Crippen LogP contribution >= 0.6 is 11.6 Å². The predicted octanol–water partition coefficient (Wildman–Crippen LogP) is 2.48. The number of carbonyl (C=O) groups is 1. The highest BCUT2D eigenvalue weighted by molar-refractivity contribution is 6.30. The second-order valence-corrected chi connectivity index (χ2v) is 4.35. The minimum absolute atomic E-state index is 0.0664. The van der Waals surface area contributed by atoms with Gasteiger partial charge in [-0.1, -0.05) is 23.7 Å². The molecule has 1 aromatic heterocycles. The number of carboxylic acid groups (broad SMARTS) is 1. The summed E-state index contributed by atoms with van der Waals surface area (Å²) in [5.41, 5.74) is 1.09. The van der Waals surface area contributed by atoms with E-state index < -0.39 is 5.97 Å². The van der Waals surface area contributed by atoms with E-state index in [9.17, 15) is 4.79 Å². The number of hydrogen-bond acceptors (Lipinski definition) is 4. The molecule has 0 aliphatic rings. The first-order valence-corrected chi connectivity index (χ1v) is 6.08. The minimum atomic E-state index is -1.08. The van der Waals surface area contributed by atoms with Gasteiger partial charge in [-0.05, 0) is 36.2 Å². The molecule has 2 aromatic rings. The zero-order valence-electron chi connectivity index (χ0n) is 10.0. The van der Waals surface area contributed by atoms with Gasteiger partial charge in [-0.2, -0.15) is 0 Å². The van der Waals surface area contributed by atoms with Crippen LogP contribution in [-0.4, -0.2) is 27.8 Å². The van der Waals surface area contributed by atoms with E-state index in [4.69, 9.17) is 16.7 Å². The summed E-state index contributed by atoms with van der Waals surface area (Å²) in [7, 11) is 0. The first-order valence-electron chi connectivity index (χ1n) is 5.70. The van der Waals surface area contributed by atoms with Crippen LogP contribution < -0.4 is 5.32 Å². The molecule has 1 heterocycles. The van der Waals surface area contributed by atoms with Crippen molar-refractivity contribution >= 4 is 23.4 Å². The van der Waals surface area contributed by atoms with E-state index in [1.807, 2.05) is 24.3 Å². The van der Waals surface area contributed by atoms with Gasteiger partial charge in [0.15, 0.2) is 5.69 Å². The third-order valence-corrected chi connectivity index (χ3v) is 2.77. The number of aromatic carboxylic acids is 1. The topological polar surface area (TPSA) is 75.1 Å². The molecule has 19 heavy (non-hydrogen) atoms. The standard InChI is InChI=1S/C13H12ClN3O2/c14-10-3-1-9(2-4-10)7-8-15-12-6-5-11(13(18)19)16-17-12/h1-6H,7-8H2,(H,15,17)(H,18,19). The van der Waals surface area contributed by atoms with E-state index in [0.717, 1.165) is 12.0 Å². The van der Waals surface area contributed by atoms with E-state index in [0.29, 0.717) is 17.4 Å². The summed E-state index contributed by atoms with van der Waals surface area (Å²) in [6.45, 7) is 0.683. The maximum absolute atomic E-state index is 10.6. The number of nitrogens with one attached hydrogen (secondary N) is 1. The van der Waals surface area contributed by atoms with Gasteiger partial charge in [0.05, 0.1) is 0 Å². The first kappa shape index (κ1) is 13.3. The SMILES string of the molecule is O=C(O)c1ccc(NCCc2ccc(Cl)cc2)nn1. The highest BCUT2D eigenvalue weighted by Gasteiger charge is 2.04. The van der Waals surface area contributed by atoms with Crippen molar-refractivity contribution in [3.63, 3.8) is 0 Å². The molecule has 5 nitrogen and oxygen atoms in total. The summed E-state index contributed by atoms with van der Waals surface area (Å²) < 4.78 is 0. The summed E-state index contributed by atoms with van der Waals surface area (Å²) in [5, 5.41) is 19.8. The first-order chi connectivity index (χ1) is 9.15. The summed E-state index contributed by atoms with van der Waals surface area (Å²) in [5.74, 6) is -0.529. The van der Waals surface area contributed by atoms with E-state index in [-0.39, 0.29) is 5.69 Å². The highest BCUT2D eigenvalue weighted by atomic mass is 35.5. The molecule has 0 radical (unpaired) electrons. The van der Waals surface area contributed by atoms with Crippen molar-refractivity contribution in [3.8, 4) is 0 Å². The highest BCUT2D eigenvalue weighted by Crippen LogP contribution is 2.10. The van der Waals surface area contributed by atoms with Crippen LogP contribution in [0.5, 0.6) is 0 Å². The van der Waals surface area contributed by atoms with Gasteiger partial charge in [0.25, 0.3) is 0 Å². The smallest absolute Gasteiger partial charge is 0.356 e. The maximum Gasteiger partial charge on any atom is 0.356 e. The molecule has 0 fully saturated rings. The van der Waals surface area contributed by atoms with Crippen LogP contribution in [-0.2, 0) is 6.42 Å². The molecule has 2 rings (SSSR count). The van der Waals surface area contributed by atoms with E-state index in [2.05, 4.69) is 15.5 Å². The number of hydrogen-bond donors (Lipinski definition) is 2. The second-order valence-electron chi connectivity index (χ2n) is 3.91. The predicted molar refractivity (Wildman–Crippen MR) is 72.6 cm³/mol. The number of aromatic nitrogens is 2. The Kier molecular flexibility index (Phi) is 4.30. The van der Waals surface area contributed by atoms with Crippen molar-refractivity contribution in [2.45, 2.75) is 6.42 Å². The quantitative estimate of drug-likeness (QED) is 0.878. The third kappa shape index (κ3) is 3.93. The summed E-state index contributed by atoms with van der Waals surface area (Å²) in [6.07, 6.45) is 0.819. The lowest BCUT2D eigenvalue weighted by atomic mass is 10.1. The minimum Gasteiger partial charge on any atom is -0.476 e. The molecule has 0 bridgehead atoms. The number of rotatable bonds is 5. The van der Waals surface area contributed by atoms with Crippen molar-refractivity contribution in [1.29, 1.82) is 0 Å². The number of halogens is 1. The molecule has 0 atom stereocenters. The van der Waals surface area contributed by atoms with Crippen molar-refractivity contribution in [3.05, 3.63) is 52.7 Å². The molecule has 2 N–H and O–H groups in total. The van der Waals surface area contributed by atoms with Gasteiger partial charge in [-0.25, -0.2) is 4.79 Å². The Morgan fingerprint density at radius 1 is 1.16 bits per heavy atom. The van der Waals surface area contributed by atoms with Crippen LogP contribution in [0.15, 0.2) is 36.4 Å².